The summed E-state index contributed by atoms with van der Waals surface area (Å²) in [6.45, 7) is 7.17. The Kier molecular flexibility index (Phi) is 5.91. The van der Waals surface area contributed by atoms with Crippen LogP contribution in [0.25, 0.3) is 0 Å². The van der Waals surface area contributed by atoms with E-state index < -0.39 is 0 Å². The topological polar surface area (TPSA) is 65.6 Å². The SMILES string of the molecule is CC(N)C(c1ccncc1)N1CCCN(CCO)CC1. The zero-order chi connectivity index (χ0) is 14.4. The van der Waals surface area contributed by atoms with Crippen molar-refractivity contribution in [2.75, 3.05) is 39.3 Å². The molecule has 0 bridgehead atoms. The lowest BCUT2D eigenvalue weighted by molar-refractivity contribution is 0.169. The predicted molar refractivity (Wildman–Crippen MR) is 80.3 cm³/mol. The minimum atomic E-state index is 0.0850. The van der Waals surface area contributed by atoms with Crippen molar-refractivity contribution >= 4 is 0 Å². The molecule has 20 heavy (non-hydrogen) atoms. The molecule has 1 aromatic heterocycles. The zero-order valence-corrected chi connectivity index (χ0v) is 12.3. The smallest absolute Gasteiger partial charge is 0.0558 e. The number of nitrogens with two attached hydrogens (primary N) is 1. The molecule has 0 radical (unpaired) electrons. The van der Waals surface area contributed by atoms with Crippen LogP contribution in [0, 0.1) is 0 Å². The quantitative estimate of drug-likeness (QED) is 0.819. The number of pyridine rings is 1. The first-order chi connectivity index (χ1) is 9.72. The zero-order valence-electron chi connectivity index (χ0n) is 12.3. The van der Waals surface area contributed by atoms with Gasteiger partial charge in [0.1, 0.15) is 0 Å². The fraction of sp³-hybridized carbons (Fsp3) is 0.667. The van der Waals surface area contributed by atoms with E-state index in [4.69, 9.17) is 10.8 Å². The number of nitrogens with zero attached hydrogens (tertiary/aromatic N) is 3. The van der Waals surface area contributed by atoms with E-state index in [2.05, 4.69) is 33.8 Å². The molecule has 0 aliphatic carbocycles. The van der Waals surface area contributed by atoms with Gasteiger partial charge in [0.15, 0.2) is 0 Å². The molecule has 1 aliphatic heterocycles. The van der Waals surface area contributed by atoms with Crippen molar-refractivity contribution in [2.24, 2.45) is 5.73 Å². The van der Waals surface area contributed by atoms with Gasteiger partial charge in [-0.25, -0.2) is 0 Å². The van der Waals surface area contributed by atoms with Crippen LogP contribution >= 0.6 is 0 Å². The lowest BCUT2D eigenvalue weighted by Crippen LogP contribution is -2.41. The van der Waals surface area contributed by atoms with Gasteiger partial charge in [0.2, 0.25) is 0 Å². The van der Waals surface area contributed by atoms with Gasteiger partial charge < -0.3 is 10.8 Å². The van der Waals surface area contributed by atoms with Crippen molar-refractivity contribution in [3.8, 4) is 0 Å². The summed E-state index contributed by atoms with van der Waals surface area (Å²) < 4.78 is 0. The molecule has 2 atom stereocenters. The second kappa shape index (κ2) is 7.69. The van der Waals surface area contributed by atoms with Crippen LogP contribution in [0.3, 0.4) is 0 Å². The highest BCUT2D eigenvalue weighted by Gasteiger charge is 2.25. The van der Waals surface area contributed by atoms with Crippen molar-refractivity contribution in [3.63, 3.8) is 0 Å². The van der Waals surface area contributed by atoms with E-state index in [-0.39, 0.29) is 18.7 Å². The summed E-state index contributed by atoms with van der Waals surface area (Å²) in [4.78, 5) is 8.89. The van der Waals surface area contributed by atoms with Gasteiger partial charge in [-0.3, -0.25) is 14.8 Å². The highest BCUT2D eigenvalue weighted by Crippen LogP contribution is 2.24. The summed E-state index contributed by atoms with van der Waals surface area (Å²) in [6.07, 6.45) is 4.79. The summed E-state index contributed by atoms with van der Waals surface area (Å²) in [5, 5.41) is 9.07. The average molecular weight is 278 g/mol. The molecule has 5 nitrogen and oxygen atoms in total. The summed E-state index contributed by atoms with van der Waals surface area (Å²) in [5.41, 5.74) is 7.47. The lowest BCUT2D eigenvalue weighted by atomic mass is 10.00. The summed E-state index contributed by atoms with van der Waals surface area (Å²) in [5.74, 6) is 0. The Morgan fingerprint density at radius 2 is 2.00 bits per heavy atom. The van der Waals surface area contributed by atoms with Crippen LogP contribution < -0.4 is 5.73 Å². The molecule has 2 rings (SSSR count). The molecule has 1 aromatic rings. The van der Waals surface area contributed by atoms with Crippen LogP contribution in [0.2, 0.25) is 0 Å². The van der Waals surface area contributed by atoms with E-state index >= 15 is 0 Å². The van der Waals surface area contributed by atoms with E-state index in [1.807, 2.05) is 12.4 Å². The monoisotopic (exact) mass is 278 g/mol. The van der Waals surface area contributed by atoms with Crippen LogP contribution in [0.5, 0.6) is 0 Å². The minimum Gasteiger partial charge on any atom is -0.395 e. The Hall–Kier alpha value is -1.01. The maximum Gasteiger partial charge on any atom is 0.0558 e. The number of aliphatic hydroxyl groups is 1. The minimum absolute atomic E-state index is 0.0850. The number of hydrogen-bond acceptors (Lipinski definition) is 5. The first-order valence-corrected chi connectivity index (χ1v) is 7.45. The Labute approximate surface area is 121 Å². The molecular formula is C15H26N4O. The van der Waals surface area contributed by atoms with Gasteiger partial charge in [0.05, 0.1) is 6.61 Å². The van der Waals surface area contributed by atoms with Crippen molar-refractivity contribution in [2.45, 2.75) is 25.4 Å². The van der Waals surface area contributed by atoms with Gasteiger partial charge in [-0.05, 0) is 37.6 Å². The second-order valence-electron chi connectivity index (χ2n) is 5.54. The molecule has 112 valence electrons. The molecule has 0 amide bonds. The molecule has 5 heteroatoms. The van der Waals surface area contributed by atoms with Crippen molar-refractivity contribution in [3.05, 3.63) is 30.1 Å². The molecule has 1 saturated heterocycles. The van der Waals surface area contributed by atoms with Gasteiger partial charge in [-0.1, -0.05) is 0 Å². The van der Waals surface area contributed by atoms with E-state index in [1.165, 1.54) is 5.56 Å². The maximum absolute atomic E-state index is 9.07. The largest absolute Gasteiger partial charge is 0.395 e. The standard InChI is InChI=1S/C15H26N4O/c1-13(16)15(14-3-5-17-6-4-14)19-8-2-7-18(9-10-19)11-12-20/h3-6,13,15,20H,2,7-12,16H2,1H3. The highest BCUT2D eigenvalue weighted by atomic mass is 16.3. The average Bonchev–Trinajstić information content (AvgIpc) is 2.66. The first-order valence-electron chi connectivity index (χ1n) is 7.45. The highest BCUT2D eigenvalue weighted by molar-refractivity contribution is 5.17. The number of aliphatic hydroxyl groups excluding tert-OH is 1. The first kappa shape index (κ1) is 15.4. The Balaban J connectivity index is 2.07. The lowest BCUT2D eigenvalue weighted by Gasteiger charge is -2.33. The summed E-state index contributed by atoms with van der Waals surface area (Å²) >= 11 is 0. The maximum atomic E-state index is 9.07. The van der Waals surface area contributed by atoms with Gasteiger partial charge >= 0.3 is 0 Å². The molecule has 2 heterocycles. The predicted octanol–water partition coefficient (Wildman–Crippen LogP) is 0.470. The van der Waals surface area contributed by atoms with Gasteiger partial charge in [-0.2, -0.15) is 0 Å². The summed E-state index contributed by atoms with van der Waals surface area (Å²) in [7, 11) is 0. The fourth-order valence-corrected chi connectivity index (χ4v) is 3.04. The number of aromatic nitrogens is 1. The second-order valence-corrected chi connectivity index (χ2v) is 5.54. The molecule has 2 unspecified atom stereocenters. The molecule has 0 spiro atoms. The van der Waals surface area contributed by atoms with E-state index in [0.29, 0.717) is 0 Å². The number of hydrogen-bond donors (Lipinski definition) is 2. The van der Waals surface area contributed by atoms with Crippen LogP contribution in [0.4, 0.5) is 0 Å². The van der Waals surface area contributed by atoms with Gasteiger partial charge in [-0.15, -0.1) is 0 Å². The third kappa shape index (κ3) is 3.99. The Morgan fingerprint density at radius 1 is 1.25 bits per heavy atom. The van der Waals surface area contributed by atoms with Crippen molar-refractivity contribution in [1.29, 1.82) is 0 Å². The van der Waals surface area contributed by atoms with Crippen molar-refractivity contribution < 1.29 is 5.11 Å². The normalized spacial score (nSPS) is 21.4. The fourth-order valence-electron chi connectivity index (χ4n) is 3.04. The van der Waals surface area contributed by atoms with Crippen LogP contribution in [0.1, 0.15) is 24.9 Å². The van der Waals surface area contributed by atoms with Gasteiger partial charge in [0.25, 0.3) is 0 Å². The Morgan fingerprint density at radius 3 is 2.65 bits per heavy atom. The van der Waals surface area contributed by atoms with Crippen LogP contribution in [0.15, 0.2) is 24.5 Å². The Bertz CT molecular complexity index is 385. The molecule has 1 fully saturated rings. The number of β-amino-alcohol motifs (C(OH)–C–C–N with tert-alkyl or cyclic N) is 1. The third-order valence-electron chi connectivity index (χ3n) is 3.98. The van der Waals surface area contributed by atoms with Crippen molar-refractivity contribution in [1.82, 2.24) is 14.8 Å². The molecule has 3 N–H and O–H groups in total. The van der Waals surface area contributed by atoms with E-state index in [9.17, 15) is 0 Å². The molecule has 0 saturated carbocycles. The van der Waals surface area contributed by atoms with Gasteiger partial charge in [0, 0.05) is 50.7 Å². The van der Waals surface area contributed by atoms with E-state index in [1.54, 1.807) is 0 Å². The third-order valence-corrected chi connectivity index (χ3v) is 3.98. The molecule has 1 aliphatic rings. The van der Waals surface area contributed by atoms with Crippen LogP contribution in [-0.4, -0.2) is 65.3 Å². The van der Waals surface area contributed by atoms with Crippen LogP contribution in [-0.2, 0) is 0 Å². The molecular weight excluding hydrogens is 252 g/mol. The molecule has 0 aromatic carbocycles. The number of rotatable bonds is 5. The van der Waals surface area contributed by atoms with E-state index in [0.717, 1.165) is 39.1 Å². The summed E-state index contributed by atoms with van der Waals surface area (Å²) in [6, 6.07) is 4.45.